The van der Waals surface area contributed by atoms with Crippen LogP contribution in [0.2, 0.25) is 0 Å². The van der Waals surface area contributed by atoms with E-state index in [1.54, 1.807) is 6.92 Å². The lowest BCUT2D eigenvalue weighted by Crippen LogP contribution is -2.34. The van der Waals surface area contributed by atoms with E-state index in [0.29, 0.717) is 6.54 Å². The van der Waals surface area contributed by atoms with Gasteiger partial charge in [-0.1, -0.05) is 17.8 Å². The molecule has 22 heavy (non-hydrogen) atoms. The van der Waals surface area contributed by atoms with Crippen molar-refractivity contribution in [3.05, 3.63) is 29.8 Å². The molecule has 9 heteroatoms. The molecule has 1 N–H and O–H groups in total. The summed E-state index contributed by atoms with van der Waals surface area (Å²) in [4.78, 5) is 24.6. The first-order valence-electron chi connectivity index (χ1n) is 6.37. The van der Waals surface area contributed by atoms with Crippen LogP contribution in [0, 0.1) is 0 Å². The maximum Gasteiger partial charge on any atom is 0.416 e. The van der Waals surface area contributed by atoms with Crippen molar-refractivity contribution in [2.45, 2.75) is 18.5 Å². The molecular weight excluding hydrogens is 321 g/mol. The lowest BCUT2D eigenvalue weighted by molar-refractivity contribution is -0.137. The molecule has 0 radical (unpaired) electrons. The normalized spacial score (nSPS) is 18.5. The highest BCUT2D eigenvalue weighted by atomic mass is 32.2. The van der Waals surface area contributed by atoms with Crippen LogP contribution in [-0.4, -0.2) is 29.9 Å². The van der Waals surface area contributed by atoms with E-state index in [2.05, 4.69) is 5.32 Å². The van der Waals surface area contributed by atoms with Crippen molar-refractivity contribution in [3.63, 3.8) is 0 Å². The number of rotatable bonds is 3. The van der Waals surface area contributed by atoms with Crippen molar-refractivity contribution >= 4 is 29.4 Å². The van der Waals surface area contributed by atoms with E-state index in [9.17, 15) is 22.8 Å². The van der Waals surface area contributed by atoms with Gasteiger partial charge in [0.05, 0.1) is 11.4 Å². The van der Waals surface area contributed by atoms with Gasteiger partial charge in [-0.25, -0.2) is 4.79 Å². The number of alkyl halides is 3. The Bertz CT molecular complexity index is 580. The summed E-state index contributed by atoms with van der Waals surface area (Å²) in [5.41, 5.74) is -1.77. The molecule has 1 saturated heterocycles. The highest BCUT2D eigenvalue weighted by molar-refractivity contribution is 8.01. The third kappa shape index (κ3) is 3.65. The number of hydrogen-bond acceptors (Lipinski definition) is 4. The Balaban J connectivity index is 2.11. The van der Waals surface area contributed by atoms with E-state index in [4.69, 9.17) is 4.74 Å². The number of amides is 2. The van der Waals surface area contributed by atoms with Crippen LogP contribution < -0.4 is 10.2 Å². The maximum atomic E-state index is 12.7. The number of ether oxygens (including phenoxy) is 1. The first-order chi connectivity index (χ1) is 10.3. The Kier molecular flexibility index (Phi) is 4.84. The van der Waals surface area contributed by atoms with Gasteiger partial charge in [-0.3, -0.25) is 9.69 Å². The quantitative estimate of drug-likeness (QED) is 0.923. The molecule has 2 rings (SSSR count). The van der Waals surface area contributed by atoms with Gasteiger partial charge in [0.15, 0.2) is 0 Å². The maximum absolute atomic E-state index is 12.7. The van der Waals surface area contributed by atoms with Gasteiger partial charge < -0.3 is 10.1 Å². The summed E-state index contributed by atoms with van der Waals surface area (Å²) in [5.74, 6) is -0.444. The van der Waals surface area contributed by atoms with E-state index in [-0.39, 0.29) is 11.6 Å². The topological polar surface area (TPSA) is 58.6 Å². The fraction of sp³-hybridized carbons (Fsp3) is 0.385. The van der Waals surface area contributed by atoms with Crippen LogP contribution in [0.25, 0.3) is 0 Å². The molecule has 1 aliphatic rings. The number of carbonyl (C=O) groups excluding carboxylic acids is 2. The lowest BCUT2D eigenvalue weighted by atomic mass is 10.2. The summed E-state index contributed by atoms with van der Waals surface area (Å²) in [7, 11) is 0. The number of nitrogens with one attached hydrogen (secondary N) is 1. The molecule has 1 aliphatic heterocycles. The van der Waals surface area contributed by atoms with Crippen LogP contribution in [-0.2, 0) is 15.7 Å². The predicted molar refractivity (Wildman–Crippen MR) is 75.3 cm³/mol. The number of benzene rings is 1. The number of nitrogens with zero attached hydrogens (tertiary/aromatic N) is 1. The molecule has 1 aromatic carbocycles. The Morgan fingerprint density at radius 3 is 2.86 bits per heavy atom. The molecule has 1 heterocycles. The molecule has 0 aromatic heterocycles. The molecular formula is C13H13F3N2O3S. The number of halogens is 3. The average molecular weight is 334 g/mol. The minimum atomic E-state index is -4.48. The van der Waals surface area contributed by atoms with Crippen LogP contribution in [0.3, 0.4) is 0 Å². The SMILES string of the molecule is CCNC(=O)OC1SCN(c2cccc(C(F)(F)F)c2)C1=O. The number of carbonyl (C=O) groups is 2. The summed E-state index contributed by atoms with van der Waals surface area (Å²) in [6, 6.07) is 4.46. The summed E-state index contributed by atoms with van der Waals surface area (Å²) < 4.78 is 43.0. The second-order valence-corrected chi connectivity index (χ2v) is 5.40. The van der Waals surface area contributed by atoms with Crippen LogP contribution in [0.1, 0.15) is 12.5 Å². The largest absolute Gasteiger partial charge is 0.425 e. The number of thioether (sulfide) groups is 1. The highest BCUT2D eigenvalue weighted by Gasteiger charge is 2.37. The number of hydrogen-bond donors (Lipinski definition) is 1. The van der Waals surface area contributed by atoms with E-state index >= 15 is 0 Å². The molecule has 0 saturated carbocycles. The van der Waals surface area contributed by atoms with Gasteiger partial charge in [-0.15, -0.1) is 0 Å². The van der Waals surface area contributed by atoms with Crippen molar-refractivity contribution in [2.75, 3.05) is 17.3 Å². The molecule has 5 nitrogen and oxygen atoms in total. The van der Waals surface area contributed by atoms with Gasteiger partial charge in [0.2, 0.25) is 5.44 Å². The Hall–Kier alpha value is -1.90. The van der Waals surface area contributed by atoms with Gasteiger partial charge in [0.1, 0.15) is 0 Å². The van der Waals surface area contributed by atoms with Gasteiger partial charge >= 0.3 is 12.3 Å². The number of anilines is 1. The van der Waals surface area contributed by atoms with Gasteiger partial charge in [-0.05, 0) is 25.1 Å². The molecule has 1 atom stereocenters. The smallest absolute Gasteiger partial charge is 0.416 e. The van der Waals surface area contributed by atoms with Crippen LogP contribution in [0.5, 0.6) is 0 Å². The molecule has 1 fully saturated rings. The standard InChI is InChI=1S/C13H13F3N2O3S/c1-2-17-12(20)21-11-10(19)18(7-22-11)9-5-3-4-8(6-9)13(14,15)16/h3-6,11H,2,7H2,1H3,(H,17,20). The van der Waals surface area contributed by atoms with Crippen LogP contribution >= 0.6 is 11.8 Å². The van der Waals surface area contributed by atoms with Gasteiger partial charge in [-0.2, -0.15) is 13.2 Å². The summed E-state index contributed by atoms with van der Waals surface area (Å²) in [5, 5.41) is 2.38. The van der Waals surface area contributed by atoms with E-state index in [0.717, 1.165) is 28.8 Å². The molecule has 2 amide bonds. The monoisotopic (exact) mass is 334 g/mol. The van der Waals surface area contributed by atoms with Crippen molar-refractivity contribution < 1.29 is 27.5 Å². The van der Waals surface area contributed by atoms with Crippen molar-refractivity contribution in [1.29, 1.82) is 0 Å². The molecule has 1 aromatic rings. The summed E-state index contributed by atoms with van der Waals surface area (Å²) in [6.07, 6.45) is -5.22. The van der Waals surface area contributed by atoms with E-state index < -0.39 is 29.2 Å². The Labute approximate surface area is 128 Å². The zero-order valence-corrected chi connectivity index (χ0v) is 12.3. The summed E-state index contributed by atoms with van der Waals surface area (Å²) in [6.45, 7) is 2.04. The second kappa shape index (κ2) is 6.47. The fourth-order valence-electron chi connectivity index (χ4n) is 1.82. The average Bonchev–Trinajstić information content (AvgIpc) is 2.80. The van der Waals surface area contributed by atoms with Crippen LogP contribution in [0.4, 0.5) is 23.7 Å². The highest BCUT2D eigenvalue weighted by Crippen LogP contribution is 2.35. The first kappa shape index (κ1) is 16.5. The third-order valence-corrected chi connectivity index (χ3v) is 3.85. The summed E-state index contributed by atoms with van der Waals surface area (Å²) >= 11 is 1.03. The zero-order chi connectivity index (χ0) is 16.3. The minimum Gasteiger partial charge on any atom is -0.425 e. The molecule has 0 spiro atoms. The predicted octanol–water partition coefficient (Wildman–Crippen LogP) is 2.81. The minimum absolute atomic E-state index is 0.115. The number of alkyl carbamates (subject to hydrolysis) is 1. The molecule has 120 valence electrons. The van der Waals surface area contributed by atoms with Crippen molar-refractivity contribution in [2.24, 2.45) is 0 Å². The zero-order valence-electron chi connectivity index (χ0n) is 11.5. The van der Waals surface area contributed by atoms with Crippen molar-refractivity contribution in [3.8, 4) is 0 Å². The van der Waals surface area contributed by atoms with Gasteiger partial charge in [0, 0.05) is 12.2 Å². The Morgan fingerprint density at radius 1 is 1.50 bits per heavy atom. The lowest BCUT2D eigenvalue weighted by Gasteiger charge is -2.17. The second-order valence-electron chi connectivity index (χ2n) is 4.38. The molecule has 1 unspecified atom stereocenters. The van der Waals surface area contributed by atoms with E-state index in [1.807, 2.05) is 0 Å². The van der Waals surface area contributed by atoms with E-state index in [1.165, 1.54) is 12.1 Å². The van der Waals surface area contributed by atoms with Crippen LogP contribution in [0.15, 0.2) is 24.3 Å². The molecule has 0 aliphatic carbocycles. The third-order valence-electron chi connectivity index (χ3n) is 2.84. The van der Waals surface area contributed by atoms with Crippen molar-refractivity contribution in [1.82, 2.24) is 5.32 Å². The fourth-order valence-corrected chi connectivity index (χ4v) is 2.81. The first-order valence-corrected chi connectivity index (χ1v) is 7.42. The van der Waals surface area contributed by atoms with Gasteiger partial charge in [0.25, 0.3) is 5.91 Å². The molecule has 0 bridgehead atoms. The Morgan fingerprint density at radius 2 is 2.23 bits per heavy atom.